The molecule has 1 rings (SSSR count). The molecule has 0 aromatic heterocycles. The number of carbonyl (C=O) groups excluding carboxylic acids is 1. The molecule has 1 atom stereocenters. The largest absolute Gasteiger partial charge is 0.493 e. The minimum Gasteiger partial charge on any atom is -0.493 e. The molecule has 100 valence electrons. The Bertz CT molecular complexity index is 381. The molecular formula is C13H19NO4. The van der Waals surface area contributed by atoms with E-state index in [2.05, 4.69) is 5.32 Å². The first kappa shape index (κ1) is 14.3. The number of aliphatic hydroxyl groups excluding tert-OH is 1. The molecular weight excluding hydrogens is 234 g/mol. The van der Waals surface area contributed by atoms with Crippen LogP contribution in [0.25, 0.3) is 0 Å². The van der Waals surface area contributed by atoms with Crippen LogP contribution in [-0.2, 0) is 4.79 Å². The Balaban J connectivity index is 2.38. The van der Waals surface area contributed by atoms with Gasteiger partial charge in [0, 0.05) is 6.54 Å². The van der Waals surface area contributed by atoms with Crippen LogP contribution in [0.4, 0.5) is 0 Å². The Kier molecular flexibility index (Phi) is 6.00. The molecule has 5 heteroatoms. The van der Waals surface area contributed by atoms with Gasteiger partial charge in [0.25, 0.3) is 5.91 Å². The van der Waals surface area contributed by atoms with E-state index in [0.29, 0.717) is 17.9 Å². The molecule has 18 heavy (non-hydrogen) atoms. The number of rotatable bonds is 7. The monoisotopic (exact) mass is 253 g/mol. The summed E-state index contributed by atoms with van der Waals surface area (Å²) >= 11 is 0. The molecule has 1 aromatic carbocycles. The van der Waals surface area contributed by atoms with E-state index < -0.39 is 6.10 Å². The fourth-order valence-corrected chi connectivity index (χ4v) is 1.31. The van der Waals surface area contributed by atoms with Gasteiger partial charge in [0.1, 0.15) is 0 Å². The van der Waals surface area contributed by atoms with Crippen LogP contribution in [0.15, 0.2) is 24.3 Å². The van der Waals surface area contributed by atoms with Crippen molar-refractivity contribution in [3.8, 4) is 11.5 Å². The summed E-state index contributed by atoms with van der Waals surface area (Å²) < 4.78 is 10.4. The lowest BCUT2D eigenvalue weighted by Gasteiger charge is -2.12. The maximum Gasteiger partial charge on any atom is 0.258 e. The van der Waals surface area contributed by atoms with Gasteiger partial charge in [-0.3, -0.25) is 4.79 Å². The summed E-state index contributed by atoms with van der Waals surface area (Å²) in [6.07, 6.45) is 0.0911. The van der Waals surface area contributed by atoms with Crippen molar-refractivity contribution in [2.75, 3.05) is 20.3 Å². The molecule has 1 unspecified atom stereocenters. The van der Waals surface area contributed by atoms with E-state index in [4.69, 9.17) is 9.47 Å². The highest BCUT2D eigenvalue weighted by Gasteiger charge is 2.08. The number of nitrogens with one attached hydrogen (secondary N) is 1. The van der Waals surface area contributed by atoms with Crippen molar-refractivity contribution in [3.05, 3.63) is 24.3 Å². The number of methoxy groups -OCH3 is 1. The average Bonchev–Trinajstić information content (AvgIpc) is 2.42. The molecule has 2 N–H and O–H groups in total. The van der Waals surface area contributed by atoms with Gasteiger partial charge in [-0.1, -0.05) is 19.1 Å². The highest BCUT2D eigenvalue weighted by molar-refractivity contribution is 5.77. The van der Waals surface area contributed by atoms with E-state index in [9.17, 15) is 9.90 Å². The van der Waals surface area contributed by atoms with Crippen LogP contribution in [0.3, 0.4) is 0 Å². The van der Waals surface area contributed by atoms with E-state index in [-0.39, 0.29) is 19.1 Å². The summed E-state index contributed by atoms with van der Waals surface area (Å²) in [7, 11) is 1.54. The first-order valence-electron chi connectivity index (χ1n) is 5.88. The molecule has 0 spiro atoms. The summed E-state index contributed by atoms with van der Waals surface area (Å²) in [5.41, 5.74) is 0. The molecule has 0 heterocycles. The number of aliphatic hydroxyl groups is 1. The minimum absolute atomic E-state index is 0.100. The molecule has 1 amide bonds. The maximum atomic E-state index is 11.4. The molecule has 0 aliphatic heterocycles. The zero-order valence-electron chi connectivity index (χ0n) is 10.7. The van der Waals surface area contributed by atoms with Gasteiger partial charge >= 0.3 is 0 Å². The SMILES string of the molecule is CCC(O)CNC(=O)COc1ccccc1OC. The van der Waals surface area contributed by atoms with Crippen LogP contribution in [0.2, 0.25) is 0 Å². The number of para-hydroxylation sites is 2. The van der Waals surface area contributed by atoms with Crippen molar-refractivity contribution in [2.24, 2.45) is 0 Å². The van der Waals surface area contributed by atoms with Gasteiger partial charge < -0.3 is 19.9 Å². The summed E-state index contributed by atoms with van der Waals surface area (Å²) in [6, 6.07) is 7.11. The van der Waals surface area contributed by atoms with Crippen LogP contribution >= 0.6 is 0 Å². The normalized spacial score (nSPS) is 11.7. The Hall–Kier alpha value is -1.75. The lowest BCUT2D eigenvalue weighted by molar-refractivity contribution is -0.123. The van der Waals surface area contributed by atoms with Crippen LogP contribution < -0.4 is 14.8 Å². The van der Waals surface area contributed by atoms with E-state index in [0.717, 1.165) is 0 Å². The van der Waals surface area contributed by atoms with Crippen LogP contribution in [0, 0.1) is 0 Å². The van der Waals surface area contributed by atoms with Crippen LogP contribution in [0.1, 0.15) is 13.3 Å². The first-order valence-corrected chi connectivity index (χ1v) is 5.88. The molecule has 0 radical (unpaired) electrons. The van der Waals surface area contributed by atoms with E-state index in [1.807, 2.05) is 13.0 Å². The molecule has 0 bridgehead atoms. The van der Waals surface area contributed by atoms with Crippen LogP contribution in [0.5, 0.6) is 11.5 Å². The van der Waals surface area contributed by atoms with Crippen molar-refractivity contribution in [2.45, 2.75) is 19.4 Å². The quantitative estimate of drug-likeness (QED) is 0.759. The van der Waals surface area contributed by atoms with Crippen molar-refractivity contribution in [1.82, 2.24) is 5.32 Å². The van der Waals surface area contributed by atoms with Crippen molar-refractivity contribution < 1.29 is 19.4 Å². The van der Waals surface area contributed by atoms with Crippen LogP contribution in [-0.4, -0.2) is 37.4 Å². The first-order chi connectivity index (χ1) is 8.67. The maximum absolute atomic E-state index is 11.4. The van der Waals surface area contributed by atoms with Gasteiger partial charge in [-0.2, -0.15) is 0 Å². The zero-order chi connectivity index (χ0) is 13.4. The van der Waals surface area contributed by atoms with E-state index >= 15 is 0 Å². The van der Waals surface area contributed by atoms with Gasteiger partial charge in [0.2, 0.25) is 0 Å². The topological polar surface area (TPSA) is 67.8 Å². The van der Waals surface area contributed by atoms with E-state index in [1.165, 1.54) is 0 Å². The third kappa shape index (κ3) is 4.63. The average molecular weight is 253 g/mol. The summed E-state index contributed by atoms with van der Waals surface area (Å²) in [6.45, 7) is 1.99. The fourth-order valence-electron chi connectivity index (χ4n) is 1.31. The molecule has 0 fully saturated rings. The number of benzene rings is 1. The highest BCUT2D eigenvalue weighted by atomic mass is 16.5. The standard InChI is InChI=1S/C13H19NO4/c1-3-10(15)8-14-13(16)9-18-12-7-5-4-6-11(12)17-2/h4-7,10,15H,3,8-9H2,1-2H3,(H,14,16). The smallest absolute Gasteiger partial charge is 0.258 e. The molecule has 1 aromatic rings. The summed E-state index contributed by atoms with van der Waals surface area (Å²) in [5.74, 6) is 0.832. The minimum atomic E-state index is -0.514. The molecule has 0 aliphatic carbocycles. The van der Waals surface area contributed by atoms with Gasteiger partial charge in [-0.15, -0.1) is 0 Å². The lowest BCUT2D eigenvalue weighted by atomic mass is 10.3. The van der Waals surface area contributed by atoms with E-state index in [1.54, 1.807) is 25.3 Å². The van der Waals surface area contributed by atoms with Crippen molar-refractivity contribution in [1.29, 1.82) is 0 Å². The Labute approximate surface area is 107 Å². The predicted octanol–water partition coefficient (Wildman–Crippen LogP) is 0.961. The summed E-state index contributed by atoms with van der Waals surface area (Å²) in [5, 5.41) is 11.9. The Morgan fingerprint density at radius 2 is 2.06 bits per heavy atom. The third-order valence-corrected chi connectivity index (χ3v) is 2.43. The third-order valence-electron chi connectivity index (χ3n) is 2.43. The second-order valence-electron chi connectivity index (χ2n) is 3.81. The molecule has 0 aliphatic rings. The van der Waals surface area contributed by atoms with Crippen molar-refractivity contribution >= 4 is 5.91 Å². The van der Waals surface area contributed by atoms with Gasteiger partial charge in [0.05, 0.1) is 13.2 Å². The number of hydrogen-bond acceptors (Lipinski definition) is 4. The highest BCUT2D eigenvalue weighted by Crippen LogP contribution is 2.25. The van der Waals surface area contributed by atoms with Gasteiger partial charge in [0.15, 0.2) is 18.1 Å². The fraction of sp³-hybridized carbons (Fsp3) is 0.462. The predicted molar refractivity (Wildman–Crippen MR) is 67.8 cm³/mol. The number of amides is 1. The number of ether oxygens (including phenoxy) is 2. The zero-order valence-corrected chi connectivity index (χ0v) is 10.7. The Morgan fingerprint density at radius 3 is 2.67 bits per heavy atom. The lowest BCUT2D eigenvalue weighted by Crippen LogP contribution is -2.35. The molecule has 0 saturated heterocycles. The van der Waals surface area contributed by atoms with Crippen molar-refractivity contribution in [3.63, 3.8) is 0 Å². The number of carbonyl (C=O) groups is 1. The number of hydrogen-bond donors (Lipinski definition) is 2. The van der Waals surface area contributed by atoms with Gasteiger partial charge in [-0.25, -0.2) is 0 Å². The molecule has 0 saturated carbocycles. The summed E-state index contributed by atoms with van der Waals surface area (Å²) in [4.78, 5) is 11.4. The second-order valence-corrected chi connectivity index (χ2v) is 3.81. The van der Waals surface area contributed by atoms with Gasteiger partial charge in [-0.05, 0) is 18.6 Å². The second kappa shape index (κ2) is 7.55. The molecule has 5 nitrogen and oxygen atoms in total. The Morgan fingerprint density at radius 1 is 1.39 bits per heavy atom.